The maximum Gasteiger partial charge on any atom is 0.240 e. The minimum atomic E-state index is -0.198. The van der Waals surface area contributed by atoms with Crippen LogP contribution in [0.5, 0.6) is 5.88 Å². The Hall–Kier alpha value is -2.42. The normalized spacial score (nSPS) is 10.7. The lowest BCUT2D eigenvalue weighted by Gasteiger charge is -2.06. The van der Waals surface area contributed by atoms with E-state index >= 15 is 0 Å². The van der Waals surface area contributed by atoms with Gasteiger partial charge in [-0.1, -0.05) is 41.1 Å². The molecule has 3 nitrogen and oxygen atoms in total. The second kappa shape index (κ2) is 4.11. The van der Waals surface area contributed by atoms with E-state index in [9.17, 15) is 5.11 Å². The van der Waals surface area contributed by atoms with Gasteiger partial charge in [-0.2, -0.15) is 0 Å². The molecule has 2 aromatic carbocycles. The Labute approximate surface area is 105 Å². The van der Waals surface area contributed by atoms with Crippen molar-refractivity contribution in [3.05, 3.63) is 60.3 Å². The topological polar surface area (TPSA) is 39.8 Å². The van der Waals surface area contributed by atoms with Gasteiger partial charge < -0.3 is 5.11 Å². The van der Waals surface area contributed by atoms with Gasteiger partial charge in [-0.15, -0.1) is 0 Å². The van der Waals surface area contributed by atoms with E-state index in [4.69, 9.17) is 0 Å². The number of aryl methyl sites for hydroxylation is 1. The largest absolute Gasteiger partial charge is 0.854 e. The lowest BCUT2D eigenvalue weighted by molar-refractivity contribution is -0.663. The fourth-order valence-electron chi connectivity index (χ4n) is 2.06. The van der Waals surface area contributed by atoms with E-state index in [0.717, 1.165) is 16.6 Å². The summed E-state index contributed by atoms with van der Waals surface area (Å²) in [6.45, 7) is 2.00. The highest BCUT2D eigenvalue weighted by Gasteiger charge is 2.12. The van der Waals surface area contributed by atoms with Gasteiger partial charge in [-0.05, 0) is 18.1 Å². The van der Waals surface area contributed by atoms with Crippen LogP contribution >= 0.6 is 0 Å². The molecule has 0 spiro atoms. The van der Waals surface area contributed by atoms with Crippen molar-refractivity contribution in [1.29, 1.82) is 0 Å². The minimum Gasteiger partial charge on any atom is -0.854 e. The smallest absolute Gasteiger partial charge is 0.240 e. The Morgan fingerprint density at radius 3 is 2.56 bits per heavy atom. The van der Waals surface area contributed by atoms with Gasteiger partial charge in [0.15, 0.2) is 0 Å². The second-order valence-electron chi connectivity index (χ2n) is 4.25. The molecular formula is C15H12N2O. The average molecular weight is 236 g/mol. The summed E-state index contributed by atoms with van der Waals surface area (Å²) in [5.41, 5.74) is 2.02. The van der Waals surface area contributed by atoms with E-state index in [1.165, 1.54) is 0 Å². The number of hydrogen-bond acceptors (Lipinski definition) is 2. The van der Waals surface area contributed by atoms with E-state index in [1.807, 2.05) is 55.6 Å². The first-order valence-electron chi connectivity index (χ1n) is 5.80. The van der Waals surface area contributed by atoms with Crippen LogP contribution in [-0.4, -0.2) is 5.10 Å². The van der Waals surface area contributed by atoms with E-state index in [1.54, 1.807) is 10.7 Å². The molecule has 0 amide bonds. The molecule has 0 fully saturated rings. The number of hydrogen-bond donors (Lipinski definition) is 0. The number of fused-ring (bicyclic) bond motifs is 1. The van der Waals surface area contributed by atoms with E-state index in [0.29, 0.717) is 5.39 Å². The van der Waals surface area contributed by atoms with Crippen LogP contribution in [0.3, 0.4) is 0 Å². The van der Waals surface area contributed by atoms with E-state index in [-0.39, 0.29) is 5.88 Å². The van der Waals surface area contributed by atoms with E-state index < -0.39 is 0 Å². The van der Waals surface area contributed by atoms with Crippen molar-refractivity contribution in [1.82, 2.24) is 5.10 Å². The third kappa shape index (κ3) is 1.70. The quantitative estimate of drug-likeness (QED) is 0.605. The average Bonchev–Trinajstić information content (AvgIpc) is 2.39. The minimum absolute atomic E-state index is 0.198. The Bertz CT molecular complexity index is 723. The molecule has 18 heavy (non-hydrogen) atoms. The van der Waals surface area contributed by atoms with Crippen LogP contribution in [0.2, 0.25) is 0 Å². The van der Waals surface area contributed by atoms with Gasteiger partial charge in [-0.25, -0.2) is 0 Å². The van der Waals surface area contributed by atoms with Crippen molar-refractivity contribution >= 4 is 10.8 Å². The van der Waals surface area contributed by atoms with Crippen LogP contribution in [0, 0.1) is 6.92 Å². The standard InChI is InChI=1S/C15H12N2O/c1-11-6-2-5-9-14(11)17-10-12-7-3-4-8-13(12)15(18)16-17/h2-10H,1H3. The van der Waals surface area contributed by atoms with Gasteiger partial charge in [0.25, 0.3) is 0 Å². The van der Waals surface area contributed by atoms with Crippen LogP contribution in [-0.2, 0) is 0 Å². The number of rotatable bonds is 1. The van der Waals surface area contributed by atoms with Crippen molar-refractivity contribution in [2.45, 2.75) is 6.92 Å². The van der Waals surface area contributed by atoms with Gasteiger partial charge in [0.2, 0.25) is 11.9 Å². The Kier molecular flexibility index (Phi) is 2.45. The highest BCUT2D eigenvalue weighted by Crippen LogP contribution is 2.18. The lowest BCUT2D eigenvalue weighted by Crippen LogP contribution is -2.36. The molecule has 3 aromatic rings. The van der Waals surface area contributed by atoms with Crippen LogP contribution < -0.4 is 9.79 Å². The summed E-state index contributed by atoms with van der Waals surface area (Å²) in [5, 5.41) is 17.6. The monoisotopic (exact) mass is 236 g/mol. The summed E-state index contributed by atoms with van der Waals surface area (Å²) in [5.74, 6) is -0.198. The van der Waals surface area contributed by atoms with E-state index in [2.05, 4.69) is 5.10 Å². The zero-order valence-electron chi connectivity index (χ0n) is 10.00. The molecule has 0 unspecified atom stereocenters. The summed E-state index contributed by atoms with van der Waals surface area (Å²) in [6.07, 6.45) is 1.89. The molecule has 0 bridgehead atoms. The molecule has 0 saturated heterocycles. The van der Waals surface area contributed by atoms with Crippen LogP contribution in [0.25, 0.3) is 16.5 Å². The number of nitrogens with zero attached hydrogens (tertiary/aromatic N) is 2. The Balaban J connectivity index is 2.28. The molecule has 0 aliphatic rings. The highest BCUT2D eigenvalue weighted by molar-refractivity contribution is 5.84. The van der Waals surface area contributed by atoms with Gasteiger partial charge in [0.05, 0.1) is 5.88 Å². The fraction of sp³-hybridized carbons (Fsp3) is 0.0667. The first-order valence-corrected chi connectivity index (χ1v) is 5.80. The maximum absolute atomic E-state index is 12.0. The van der Waals surface area contributed by atoms with Gasteiger partial charge in [0, 0.05) is 22.4 Å². The van der Waals surface area contributed by atoms with Crippen molar-refractivity contribution < 1.29 is 9.79 Å². The molecule has 0 saturated carbocycles. The summed E-state index contributed by atoms with van der Waals surface area (Å²) in [7, 11) is 0. The van der Waals surface area contributed by atoms with Gasteiger partial charge >= 0.3 is 0 Å². The fourth-order valence-corrected chi connectivity index (χ4v) is 2.06. The van der Waals surface area contributed by atoms with Crippen LogP contribution in [0.1, 0.15) is 5.56 Å². The highest BCUT2D eigenvalue weighted by atomic mass is 16.3. The third-order valence-electron chi connectivity index (χ3n) is 3.01. The molecule has 0 radical (unpaired) electrons. The lowest BCUT2D eigenvalue weighted by atomic mass is 10.2. The molecule has 0 N–H and O–H groups in total. The molecule has 0 atom stereocenters. The van der Waals surface area contributed by atoms with Crippen LogP contribution in [0.4, 0.5) is 0 Å². The van der Waals surface area contributed by atoms with Gasteiger partial charge in [0.1, 0.15) is 0 Å². The summed E-state index contributed by atoms with van der Waals surface area (Å²) < 4.78 is 1.65. The summed E-state index contributed by atoms with van der Waals surface area (Å²) in [4.78, 5) is 0. The summed E-state index contributed by atoms with van der Waals surface area (Å²) >= 11 is 0. The van der Waals surface area contributed by atoms with Crippen molar-refractivity contribution in [3.63, 3.8) is 0 Å². The van der Waals surface area contributed by atoms with Crippen molar-refractivity contribution in [3.8, 4) is 11.6 Å². The molecule has 88 valence electrons. The summed E-state index contributed by atoms with van der Waals surface area (Å²) in [6, 6.07) is 15.4. The van der Waals surface area contributed by atoms with Crippen LogP contribution in [0.15, 0.2) is 54.7 Å². The predicted molar refractivity (Wildman–Crippen MR) is 67.5 cm³/mol. The zero-order chi connectivity index (χ0) is 12.5. The molecule has 0 aliphatic heterocycles. The third-order valence-corrected chi connectivity index (χ3v) is 3.01. The molecule has 3 rings (SSSR count). The predicted octanol–water partition coefficient (Wildman–Crippen LogP) is 1.89. The Morgan fingerprint density at radius 1 is 1.00 bits per heavy atom. The zero-order valence-corrected chi connectivity index (χ0v) is 10.00. The van der Waals surface area contributed by atoms with Crippen molar-refractivity contribution in [2.75, 3.05) is 0 Å². The number of aromatic nitrogens is 2. The maximum atomic E-state index is 12.0. The molecular weight excluding hydrogens is 224 g/mol. The molecule has 1 heterocycles. The number of para-hydroxylation sites is 1. The molecule has 3 heteroatoms. The Morgan fingerprint density at radius 2 is 1.72 bits per heavy atom. The molecule has 0 aliphatic carbocycles. The second-order valence-corrected chi connectivity index (χ2v) is 4.25. The first-order chi connectivity index (χ1) is 8.75. The first kappa shape index (κ1) is 10.7. The SMILES string of the molecule is Cc1ccccc1-[n+]1cc2ccccc2c([O-])n1. The van der Waals surface area contributed by atoms with Crippen molar-refractivity contribution in [2.24, 2.45) is 0 Å². The van der Waals surface area contributed by atoms with Gasteiger partial charge in [-0.3, -0.25) is 0 Å². The molecule has 1 aromatic heterocycles. The number of benzene rings is 2.